The molecule has 0 fully saturated rings. The maximum Gasteiger partial charge on any atom is 0.345 e. The Balaban J connectivity index is 1.20. The SMILES string of the molecule is O=C(N/N=C\c1ccccc1OC(=O)c1ccc(Cl)cc1Cl)c1ccc(NC(=O)c2sc3ccccc3c2Cl)cc1. The summed E-state index contributed by atoms with van der Waals surface area (Å²) >= 11 is 19.7. The van der Waals surface area contributed by atoms with Crippen LogP contribution in [0.15, 0.2) is 96.1 Å². The lowest BCUT2D eigenvalue weighted by Gasteiger charge is -2.08. The van der Waals surface area contributed by atoms with Gasteiger partial charge in [-0.2, -0.15) is 5.10 Å². The number of fused-ring (bicyclic) bond motifs is 1. The lowest BCUT2D eigenvalue weighted by atomic mass is 10.2. The number of ether oxygens (including phenoxy) is 1. The van der Waals surface area contributed by atoms with E-state index in [-0.39, 0.29) is 22.2 Å². The Labute approximate surface area is 253 Å². The van der Waals surface area contributed by atoms with Gasteiger partial charge in [0, 0.05) is 31.9 Å². The van der Waals surface area contributed by atoms with E-state index in [4.69, 9.17) is 39.5 Å². The van der Waals surface area contributed by atoms with Crippen molar-refractivity contribution in [1.82, 2.24) is 5.43 Å². The van der Waals surface area contributed by atoms with Crippen LogP contribution in [0, 0.1) is 0 Å². The fourth-order valence-electron chi connectivity index (χ4n) is 3.77. The molecular weight excluding hydrogens is 605 g/mol. The molecule has 2 amide bonds. The van der Waals surface area contributed by atoms with Gasteiger partial charge in [0.1, 0.15) is 10.6 Å². The summed E-state index contributed by atoms with van der Waals surface area (Å²) in [4.78, 5) is 38.4. The molecule has 5 aromatic rings. The number of nitrogens with zero attached hydrogens (tertiary/aromatic N) is 1. The standard InChI is InChI=1S/C30H18Cl3N3O4S/c31-19-11-14-21(23(32)15-19)30(39)40-24-7-3-1-5-18(24)16-34-36-28(37)17-9-12-20(13-10-17)35-29(38)27-26(33)22-6-2-4-8-25(22)41-27/h1-16H,(H,35,38)(H,36,37)/b34-16-. The second-order valence-corrected chi connectivity index (χ2v) is 10.8. The summed E-state index contributed by atoms with van der Waals surface area (Å²) in [5.41, 5.74) is 3.86. The van der Waals surface area contributed by atoms with Gasteiger partial charge in [0.2, 0.25) is 0 Å². The van der Waals surface area contributed by atoms with Crippen molar-refractivity contribution in [3.63, 3.8) is 0 Å². The fraction of sp³-hybridized carbons (Fsp3) is 0. The van der Waals surface area contributed by atoms with Gasteiger partial charge in [-0.25, -0.2) is 10.2 Å². The zero-order valence-electron chi connectivity index (χ0n) is 20.9. The first-order valence-electron chi connectivity index (χ1n) is 12.0. The zero-order valence-corrected chi connectivity index (χ0v) is 23.9. The molecule has 5 rings (SSSR count). The number of hydrazone groups is 1. The molecule has 0 bridgehead atoms. The van der Waals surface area contributed by atoms with Crippen molar-refractivity contribution in [1.29, 1.82) is 0 Å². The first-order valence-corrected chi connectivity index (χ1v) is 13.9. The third kappa shape index (κ3) is 6.58. The molecule has 0 saturated heterocycles. The molecule has 0 aliphatic rings. The van der Waals surface area contributed by atoms with Gasteiger partial charge in [0.15, 0.2) is 0 Å². The monoisotopic (exact) mass is 621 g/mol. The summed E-state index contributed by atoms with van der Waals surface area (Å²) in [6.07, 6.45) is 1.35. The molecule has 204 valence electrons. The molecule has 0 saturated carbocycles. The molecule has 0 atom stereocenters. The normalized spacial score (nSPS) is 11.0. The molecule has 4 aromatic carbocycles. The van der Waals surface area contributed by atoms with Crippen LogP contribution in [0.3, 0.4) is 0 Å². The summed E-state index contributed by atoms with van der Waals surface area (Å²) in [5, 5.41) is 8.57. The van der Waals surface area contributed by atoms with Crippen LogP contribution < -0.4 is 15.5 Å². The van der Waals surface area contributed by atoms with Crippen LogP contribution in [0.5, 0.6) is 5.75 Å². The number of rotatable bonds is 7. The third-order valence-corrected chi connectivity index (χ3v) is 8.01. The minimum Gasteiger partial charge on any atom is -0.422 e. The van der Waals surface area contributed by atoms with Gasteiger partial charge in [-0.3, -0.25) is 9.59 Å². The van der Waals surface area contributed by atoms with E-state index in [1.807, 2.05) is 24.3 Å². The summed E-state index contributed by atoms with van der Waals surface area (Å²) in [7, 11) is 0. The van der Waals surface area contributed by atoms with Crippen molar-refractivity contribution in [2.45, 2.75) is 0 Å². The highest BCUT2D eigenvalue weighted by molar-refractivity contribution is 7.21. The molecule has 41 heavy (non-hydrogen) atoms. The summed E-state index contributed by atoms with van der Waals surface area (Å²) in [6.45, 7) is 0. The first-order chi connectivity index (χ1) is 19.8. The van der Waals surface area contributed by atoms with E-state index in [0.717, 1.165) is 10.1 Å². The Bertz CT molecular complexity index is 1820. The van der Waals surface area contributed by atoms with Gasteiger partial charge in [-0.1, -0.05) is 65.1 Å². The van der Waals surface area contributed by atoms with Crippen LogP contribution in [0.2, 0.25) is 15.1 Å². The molecule has 7 nitrogen and oxygen atoms in total. The lowest BCUT2D eigenvalue weighted by Crippen LogP contribution is -2.18. The maximum absolute atomic E-state index is 12.8. The average Bonchev–Trinajstić information content (AvgIpc) is 3.30. The number of carbonyl (C=O) groups excluding carboxylic acids is 3. The molecule has 0 aliphatic carbocycles. The zero-order chi connectivity index (χ0) is 28.9. The van der Waals surface area contributed by atoms with Crippen LogP contribution in [0.4, 0.5) is 5.69 Å². The summed E-state index contributed by atoms with van der Waals surface area (Å²) < 4.78 is 6.40. The van der Waals surface area contributed by atoms with Crippen LogP contribution in [0.25, 0.3) is 10.1 Å². The van der Waals surface area contributed by atoms with Crippen molar-refractivity contribution in [2.24, 2.45) is 5.10 Å². The van der Waals surface area contributed by atoms with E-state index in [9.17, 15) is 14.4 Å². The second kappa shape index (κ2) is 12.5. The molecule has 0 spiro atoms. The highest BCUT2D eigenvalue weighted by Gasteiger charge is 2.18. The van der Waals surface area contributed by atoms with Gasteiger partial charge >= 0.3 is 5.97 Å². The van der Waals surface area contributed by atoms with Crippen molar-refractivity contribution < 1.29 is 19.1 Å². The van der Waals surface area contributed by atoms with E-state index in [1.165, 1.54) is 35.8 Å². The van der Waals surface area contributed by atoms with Gasteiger partial charge in [0.05, 0.1) is 21.8 Å². The Kier molecular flexibility index (Phi) is 8.66. The number of thiophene rings is 1. The highest BCUT2D eigenvalue weighted by atomic mass is 35.5. The molecule has 2 N–H and O–H groups in total. The number of anilines is 1. The van der Waals surface area contributed by atoms with E-state index in [2.05, 4.69) is 15.8 Å². The number of benzene rings is 4. The maximum atomic E-state index is 12.8. The number of halogens is 3. The Morgan fingerprint density at radius 2 is 1.56 bits per heavy atom. The molecule has 0 radical (unpaired) electrons. The minimum atomic E-state index is -0.668. The second-order valence-electron chi connectivity index (χ2n) is 8.52. The number of hydrogen-bond acceptors (Lipinski definition) is 6. The van der Waals surface area contributed by atoms with Crippen LogP contribution in [-0.2, 0) is 0 Å². The predicted octanol–water partition coefficient (Wildman–Crippen LogP) is 8.10. The molecule has 1 heterocycles. The lowest BCUT2D eigenvalue weighted by molar-refractivity contribution is 0.0734. The molecule has 11 heteroatoms. The molecule has 1 aromatic heterocycles. The smallest absolute Gasteiger partial charge is 0.345 e. The summed E-state index contributed by atoms with van der Waals surface area (Å²) in [5.74, 6) is -1.26. The Morgan fingerprint density at radius 3 is 2.32 bits per heavy atom. The van der Waals surface area contributed by atoms with Gasteiger partial charge in [0.25, 0.3) is 11.8 Å². The van der Waals surface area contributed by atoms with Gasteiger partial charge < -0.3 is 10.1 Å². The Hall–Kier alpha value is -4.21. The first kappa shape index (κ1) is 28.3. The van der Waals surface area contributed by atoms with Gasteiger partial charge in [-0.15, -0.1) is 11.3 Å². The van der Waals surface area contributed by atoms with Gasteiger partial charge in [-0.05, 0) is 60.7 Å². The predicted molar refractivity (Wildman–Crippen MR) is 164 cm³/mol. The number of hydrogen-bond donors (Lipinski definition) is 2. The quantitative estimate of drug-likeness (QED) is 0.0830. The molecule has 0 unspecified atom stereocenters. The molecule has 0 aliphatic heterocycles. The minimum absolute atomic E-state index is 0.155. The summed E-state index contributed by atoms with van der Waals surface area (Å²) in [6, 6.07) is 25.0. The Morgan fingerprint density at radius 1 is 0.829 bits per heavy atom. The van der Waals surface area contributed by atoms with Crippen molar-refractivity contribution in [3.8, 4) is 5.75 Å². The van der Waals surface area contributed by atoms with Crippen molar-refractivity contribution in [3.05, 3.63) is 128 Å². The number of nitrogens with one attached hydrogen (secondary N) is 2. The fourth-order valence-corrected chi connectivity index (χ4v) is 5.67. The highest BCUT2D eigenvalue weighted by Crippen LogP contribution is 2.35. The van der Waals surface area contributed by atoms with Crippen molar-refractivity contribution >= 4 is 85.9 Å². The van der Waals surface area contributed by atoms with Crippen LogP contribution in [0.1, 0.15) is 36.0 Å². The number of amides is 2. The number of esters is 1. The van der Waals surface area contributed by atoms with E-state index in [0.29, 0.717) is 31.7 Å². The third-order valence-electron chi connectivity index (χ3n) is 5.79. The van der Waals surface area contributed by atoms with E-state index >= 15 is 0 Å². The van der Waals surface area contributed by atoms with Crippen molar-refractivity contribution in [2.75, 3.05) is 5.32 Å². The van der Waals surface area contributed by atoms with E-state index in [1.54, 1.807) is 48.5 Å². The number of carbonyl (C=O) groups is 3. The molecular formula is C30H18Cl3N3O4S. The van der Waals surface area contributed by atoms with Crippen LogP contribution >= 0.6 is 46.1 Å². The largest absolute Gasteiger partial charge is 0.422 e. The van der Waals surface area contributed by atoms with Crippen LogP contribution in [-0.4, -0.2) is 24.0 Å². The average molecular weight is 623 g/mol. The number of para-hydroxylation sites is 1. The van der Waals surface area contributed by atoms with E-state index < -0.39 is 11.9 Å². The topological polar surface area (TPSA) is 96.9 Å².